The van der Waals surface area contributed by atoms with Crippen molar-refractivity contribution in [2.24, 2.45) is 17.8 Å². The number of aliphatic hydroxyl groups is 1. The number of morpholine rings is 3. The zero-order valence-corrected chi connectivity index (χ0v) is 57.2. The van der Waals surface area contributed by atoms with Gasteiger partial charge in [0.1, 0.15) is 40.4 Å². The van der Waals surface area contributed by atoms with Gasteiger partial charge < -0.3 is 60.1 Å². The van der Waals surface area contributed by atoms with E-state index in [1.54, 1.807) is 28.0 Å². The molecule has 3 saturated carbocycles. The smallest absolute Gasteiger partial charge is 0.284 e. The van der Waals surface area contributed by atoms with Gasteiger partial charge in [0.2, 0.25) is 0 Å². The first kappa shape index (κ1) is 71.3. The number of aldehydes is 1. The van der Waals surface area contributed by atoms with Gasteiger partial charge in [-0.2, -0.15) is 30.6 Å². The van der Waals surface area contributed by atoms with Gasteiger partial charge in [0, 0.05) is 82.9 Å². The van der Waals surface area contributed by atoms with E-state index in [2.05, 4.69) is 76.5 Å². The van der Waals surface area contributed by atoms with Crippen LogP contribution in [-0.2, 0) is 19.0 Å². The van der Waals surface area contributed by atoms with Crippen LogP contribution in [0.2, 0.25) is 0 Å². The molecule has 104 heavy (non-hydrogen) atoms. The molecule has 0 spiro atoms. The van der Waals surface area contributed by atoms with Gasteiger partial charge in [-0.3, -0.25) is 28.4 Å². The van der Waals surface area contributed by atoms with E-state index in [1.165, 1.54) is 55.4 Å². The lowest BCUT2D eigenvalue weighted by molar-refractivity contribution is -0.112. The fourth-order valence-electron chi connectivity index (χ4n) is 15.2. The summed E-state index contributed by atoms with van der Waals surface area (Å²) < 4.78 is 110. The summed E-state index contributed by atoms with van der Waals surface area (Å²) in [6, 6.07) is 5.46. The highest BCUT2D eigenvalue weighted by Crippen LogP contribution is 2.40. The van der Waals surface area contributed by atoms with Crippen molar-refractivity contribution in [1.82, 2.24) is 78.5 Å². The number of nitrogens with one attached hydrogen (secondary N) is 4. The molecule has 4 aliphatic heterocycles. The van der Waals surface area contributed by atoms with Crippen LogP contribution < -0.4 is 36.0 Å². The van der Waals surface area contributed by atoms with E-state index < -0.39 is 54.1 Å². The third-order valence-electron chi connectivity index (χ3n) is 20.9. The van der Waals surface area contributed by atoms with Crippen molar-refractivity contribution in [3.05, 3.63) is 108 Å². The van der Waals surface area contributed by atoms with Gasteiger partial charge >= 0.3 is 0 Å². The molecule has 13 heterocycles. The average molecular weight is 1450 g/mol. The summed E-state index contributed by atoms with van der Waals surface area (Å²) in [6.07, 6.45) is 16.6. The van der Waals surface area contributed by atoms with Crippen molar-refractivity contribution in [3.63, 3.8) is 0 Å². The lowest BCUT2D eigenvalue weighted by Gasteiger charge is -2.31. The van der Waals surface area contributed by atoms with Crippen LogP contribution in [0.1, 0.15) is 169 Å². The first-order valence-electron chi connectivity index (χ1n) is 35.4. The predicted octanol–water partition coefficient (Wildman–Crippen LogP) is 8.60. The number of ether oxygens (including phenoxy) is 3. The number of carbonyl (C=O) groups is 4. The lowest BCUT2D eigenvalue weighted by atomic mass is 9.84. The molecule has 36 heteroatoms. The maximum atomic E-state index is 14.3. The number of aliphatic hydroxyl groups excluding tert-OH is 1. The summed E-state index contributed by atoms with van der Waals surface area (Å²) in [5.41, 5.74) is -0.0199. The number of halogens is 6. The topological polar surface area (TPSA) is 318 Å². The first-order valence-corrected chi connectivity index (χ1v) is 35.4. The minimum Gasteiger partial charge on any atom is -0.400 e. The average Bonchev–Trinajstić information content (AvgIpc) is 1.62. The van der Waals surface area contributed by atoms with Crippen molar-refractivity contribution >= 4 is 75.5 Å². The summed E-state index contributed by atoms with van der Waals surface area (Å²) in [6.45, 7) is 8.05. The van der Waals surface area contributed by atoms with E-state index in [-0.39, 0.29) is 69.9 Å². The van der Waals surface area contributed by atoms with Gasteiger partial charge in [-0.1, -0.05) is 0 Å². The molecule has 554 valence electrons. The SMILES string of the molecule is CO.O=C(Nc1cn(C2CCC(CNCC3CCC(n4cc(NC(=O)c5cnn6ccc(N7C[C@H]8C[C@@H]7CO8)nc56)c(C(F)F)n4)CC3)CC2)nc1C(F)F)c1cnn2ccc(N3CCOCC3)nc12.O=CC1CCC(n2cc(NC(=O)c3cnn4ccc(N5CCOCC5)nc34)c(C(F)F)n2)CC1. The van der Waals surface area contributed by atoms with Crippen LogP contribution in [0.4, 0.5) is 60.9 Å². The summed E-state index contributed by atoms with van der Waals surface area (Å²) in [7, 11) is 1.00. The molecule has 7 fully saturated rings. The largest absolute Gasteiger partial charge is 0.400 e. The number of anilines is 6. The Morgan fingerprint density at radius 1 is 0.519 bits per heavy atom. The number of rotatable bonds is 20. The number of aromatic nitrogens is 15. The van der Waals surface area contributed by atoms with Crippen LogP contribution >= 0.6 is 0 Å². The number of hydrogen-bond donors (Lipinski definition) is 5. The van der Waals surface area contributed by atoms with Gasteiger partial charge in [-0.15, -0.1) is 0 Å². The first-order chi connectivity index (χ1) is 50.6. The molecule has 9 aromatic heterocycles. The predicted molar refractivity (Wildman–Crippen MR) is 366 cm³/mol. The maximum Gasteiger partial charge on any atom is 0.284 e. The second-order valence-electron chi connectivity index (χ2n) is 27.2. The zero-order valence-electron chi connectivity index (χ0n) is 57.2. The number of hydrogen-bond acceptors (Lipinski definition) is 21. The van der Waals surface area contributed by atoms with Crippen LogP contribution in [0, 0.1) is 17.8 Å². The zero-order chi connectivity index (χ0) is 72.1. The van der Waals surface area contributed by atoms with Crippen LogP contribution in [0.5, 0.6) is 0 Å². The number of nitrogens with zero attached hydrogens (tertiary/aromatic N) is 18. The molecule has 0 aromatic carbocycles. The summed E-state index contributed by atoms with van der Waals surface area (Å²) in [5.74, 6) is 1.15. The molecule has 4 saturated heterocycles. The highest BCUT2D eigenvalue weighted by Gasteiger charge is 2.40. The molecule has 30 nitrogen and oxygen atoms in total. The van der Waals surface area contributed by atoms with Crippen LogP contribution in [0.25, 0.3) is 16.9 Å². The molecule has 16 rings (SSSR count). The molecule has 7 aliphatic rings. The monoisotopic (exact) mass is 1450 g/mol. The fraction of sp³-hybridized carbons (Fsp3) is 0.544. The van der Waals surface area contributed by atoms with E-state index in [0.717, 1.165) is 96.6 Å². The Bertz CT molecular complexity index is 4470. The maximum absolute atomic E-state index is 14.3. The molecule has 3 amide bonds. The second kappa shape index (κ2) is 31.8. The van der Waals surface area contributed by atoms with Gasteiger partial charge in [0.25, 0.3) is 37.0 Å². The lowest BCUT2D eigenvalue weighted by Crippen LogP contribution is -2.37. The minimum absolute atomic E-state index is 0.00558. The molecular weight excluding hydrogens is 1370 g/mol. The van der Waals surface area contributed by atoms with Crippen molar-refractivity contribution in [2.45, 2.75) is 133 Å². The molecule has 5 N–H and O–H groups in total. The number of fused-ring (bicyclic) bond motifs is 5. The van der Waals surface area contributed by atoms with Crippen LogP contribution in [-0.4, -0.2) is 200 Å². The standard InChI is InChI=1S/C45H53F4N15O4.C22H25F2N7O3.CH4O/c46-40(47)38-34(53-44(65)32-20-51-61-11-9-36(55-42(32)61)59-13-15-67-16-14-59)23-63(57-38)28-5-1-26(2-6-28)18-50-19-27-3-7-29(8-4-27)64-24-35(39(58-64)41(48)49)54-45(66)33-21-52-62-12-10-37(56-43(33)62)60-22-31-17-30(60)25-68-31;23-20(24)19-17(12-31(28-19)15-3-1-14(13-32)2-4-15)26-22(33)16-11-25-30-6-5-18(27-21(16)30)29-7-9-34-10-8-29;1-2/h9-12,20-21,23-24,26-31,40-41,50H,1-8,13-19,22,25H2,(H,53,65)(H,54,66);5-6,11-15,20H,1-4,7-10H2,(H,26,33);2H,1H3/t26?,27?,28?,29?,30-,31-;;/m1../s1. The third kappa shape index (κ3) is 15.4. The van der Waals surface area contributed by atoms with Crippen molar-refractivity contribution in [3.8, 4) is 0 Å². The normalized spacial score (nSPS) is 22.9. The highest BCUT2D eigenvalue weighted by atomic mass is 19.3. The molecule has 0 radical (unpaired) electrons. The Hall–Kier alpha value is -9.65. The second-order valence-corrected chi connectivity index (χ2v) is 27.2. The number of carbonyl (C=O) groups excluding carboxylic acids is 4. The quantitative estimate of drug-likeness (QED) is 0.0352. The highest BCUT2D eigenvalue weighted by molar-refractivity contribution is 6.10. The van der Waals surface area contributed by atoms with E-state index in [0.29, 0.717) is 125 Å². The van der Waals surface area contributed by atoms with Crippen molar-refractivity contribution in [2.75, 3.05) is 117 Å². The van der Waals surface area contributed by atoms with E-state index in [9.17, 15) is 45.5 Å². The van der Waals surface area contributed by atoms with Crippen LogP contribution in [0.3, 0.4) is 0 Å². The van der Waals surface area contributed by atoms with E-state index >= 15 is 0 Å². The Morgan fingerprint density at radius 2 is 0.885 bits per heavy atom. The molecule has 3 aliphatic carbocycles. The Balaban J connectivity index is 0.000000212. The van der Waals surface area contributed by atoms with Crippen LogP contribution in [0.15, 0.2) is 74.0 Å². The molecule has 2 bridgehead atoms. The van der Waals surface area contributed by atoms with Gasteiger partial charge in [-0.05, 0) is 127 Å². The van der Waals surface area contributed by atoms with Crippen molar-refractivity contribution < 1.29 is 64.8 Å². The summed E-state index contributed by atoms with van der Waals surface area (Å²) in [5, 5.41) is 43.9. The molecule has 2 atom stereocenters. The molecule has 9 aromatic rings. The number of amides is 3. The fourth-order valence-corrected chi connectivity index (χ4v) is 15.2. The Morgan fingerprint density at radius 3 is 1.23 bits per heavy atom. The molecular formula is C68H82F6N22O8. The Labute approximate surface area is 591 Å². The van der Waals surface area contributed by atoms with Gasteiger partial charge in [-0.25, -0.2) is 54.8 Å². The third-order valence-corrected chi connectivity index (χ3v) is 20.9. The molecule has 0 unspecified atom stereocenters. The number of alkyl halides is 6. The van der Waals surface area contributed by atoms with E-state index in [4.69, 9.17) is 24.3 Å². The Kier molecular flexibility index (Phi) is 21.8. The summed E-state index contributed by atoms with van der Waals surface area (Å²) in [4.78, 5) is 71.4. The van der Waals surface area contributed by atoms with Crippen molar-refractivity contribution in [1.29, 1.82) is 0 Å². The van der Waals surface area contributed by atoms with E-state index in [1.807, 2.05) is 18.2 Å². The van der Waals surface area contributed by atoms with Gasteiger partial charge in [0.05, 0.1) is 99.0 Å². The van der Waals surface area contributed by atoms with Gasteiger partial charge in [0.15, 0.2) is 34.0 Å². The minimum atomic E-state index is -2.88. The summed E-state index contributed by atoms with van der Waals surface area (Å²) >= 11 is 0.